The molecule has 1 saturated heterocycles. The molecule has 1 N–H and O–H groups in total. The Kier molecular flexibility index (Phi) is 6.61. The van der Waals surface area contributed by atoms with E-state index in [1.165, 1.54) is 6.07 Å². The Morgan fingerprint density at radius 1 is 1.29 bits per heavy atom. The summed E-state index contributed by atoms with van der Waals surface area (Å²) in [7, 11) is 2.03. The molecule has 2 atom stereocenters. The zero-order valence-corrected chi connectivity index (χ0v) is 13.1. The summed E-state index contributed by atoms with van der Waals surface area (Å²) in [5, 5.41) is 3.41. The van der Waals surface area contributed by atoms with Crippen molar-refractivity contribution in [3.63, 3.8) is 0 Å². The molecule has 1 heterocycles. The molecular formula is C17H27FN2O. The third-order valence-electron chi connectivity index (χ3n) is 3.91. The molecular weight excluding hydrogens is 267 g/mol. The van der Waals surface area contributed by atoms with Crippen molar-refractivity contribution < 1.29 is 9.13 Å². The Morgan fingerprint density at radius 3 is 2.81 bits per heavy atom. The average Bonchev–Trinajstić information content (AvgIpc) is 2.89. The van der Waals surface area contributed by atoms with Crippen LogP contribution in [0.5, 0.6) is 0 Å². The molecule has 1 aliphatic rings. The van der Waals surface area contributed by atoms with E-state index in [0.717, 1.165) is 44.5 Å². The minimum Gasteiger partial charge on any atom is -0.372 e. The van der Waals surface area contributed by atoms with Gasteiger partial charge in [0, 0.05) is 25.2 Å². The van der Waals surface area contributed by atoms with Crippen LogP contribution in [0.1, 0.15) is 31.7 Å². The zero-order chi connectivity index (χ0) is 15.1. The highest BCUT2D eigenvalue weighted by molar-refractivity contribution is 5.16. The predicted octanol–water partition coefficient (Wildman–Crippen LogP) is 2.80. The first kappa shape index (κ1) is 16.4. The van der Waals surface area contributed by atoms with Crippen LogP contribution >= 0.6 is 0 Å². The second-order valence-corrected chi connectivity index (χ2v) is 5.95. The van der Waals surface area contributed by atoms with E-state index in [1.54, 1.807) is 6.07 Å². The van der Waals surface area contributed by atoms with Crippen molar-refractivity contribution in [2.24, 2.45) is 0 Å². The molecule has 1 aromatic rings. The van der Waals surface area contributed by atoms with Gasteiger partial charge in [-0.1, -0.05) is 25.1 Å². The molecule has 2 unspecified atom stereocenters. The molecule has 4 heteroatoms. The molecule has 1 aromatic carbocycles. The molecule has 3 nitrogen and oxygen atoms in total. The van der Waals surface area contributed by atoms with Crippen LogP contribution in [0, 0.1) is 5.82 Å². The molecule has 0 aromatic heterocycles. The minimum atomic E-state index is -0.127. The van der Waals surface area contributed by atoms with E-state index in [0.29, 0.717) is 12.6 Å². The van der Waals surface area contributed by atoms with Crippen LogP contribution in [-0.2, 0) is 11.3 Å². The number of hydrogen-bond donors (Lipinski definition) is 1. The predicted molar refractivity (Wildman–Crippen MR) is 83.8 cm³/mol. The number of ether oxygens (including phenoxy) is 1. The van der Waals surface area contributed by atoms with Gasteiger partial charge in [0.05, 0.1) is 12.2 Å². The van der Waals surface area contributed by atoms with Gasteiger partial charge in [0.1, 0.15) is 5.82 Å². The molecule has 21 heavy (non-hydrogen) atoms. The zero-order valence-electron chi connectivity index (χ0n) is 13.1. The summed E-state index contributed by atoms with van der Waals surface area (Å²) in [5.74, 6) is -0.127. The van der Waals surface area contributed by atoms with Crippen LogP contribution in [-0.4, -0.2) is 43.8 Å². The van der Waals surface area contributed by atoms with Crippen molar-refractivity contribution in [2.45, 2.75) is 44.9 Å². The fourth-order valence-corrected chi connectivity index (χ4v) is 2.83. The van der Waals surface area contributed by atoms with Crippen molar-refractivity contribution in [2.75, 3.05) is 26.7 Å². The number of benzene rings is 1. The summed E-state index contributed by atoms with van der Waals surface area (Å²) in [6.07, 6.45) is 3.98. The number of nitrogens with one attached hydrogen (secondary N) is 1. The van der Waals surface area contributed by atoms with Gasteiger partial charge in [-0.15, -0.1) is 0 Å². The summed E-state index contributed by atoms with van der Waals surface area (Å²) in [5.41, 5.74) is 0.749. The van der Waals surface area contributed by atoms with Crippen molar-refractivity contribution in [3.05, 3.63) is 35.6 Å². The number of halogens is 1. The molecule has 0 radical (unpaired) electrons. The fraction of sp³-hybridized carbons (Fsp3) is 0.647. The Morgan fingerprint density at radius 2 is 2.05 bits per heavy atom. The highest BCUT2D eigenvalue weighted by Crippen LogP contribution is 2.20. The average molecular weight is 294 g/mol. The maximum absolute atomic E-state index is 13.6. The molecule has 1 aliphatic heterocycles. The van der Waals surface area contributed by atoms with E-state index < -0.39 is 0 Å². The first-order valence-corrected chi connectivity index (χ1v) is 7.97. The Bertz CT molecular complexity index is 427. The second kappa shape index (κ2) is 8.47. The van der Waals surface area contributed by atoms with Crippen molar-refractivity contribution in [1.82, 2.24) is 10.2 Å². The van der Waals surface area contributed by atoms with Crippen LogP contribution in [0.25, 0.3) is 0 Å². The third kappa shape index (κ3) is 5.38. The van der Waals surface area contributed by atoms with Crippen molar-refractivity contribution in [1.29, 1.82) is 0 Å². The van der Waals surface area contributed by atoms with Gasteiger partial charge >= 0.3 is 0 Å². The lowest BCUT2D eigenvalue weighted by Gasteiger charge is -2.22. The number of nitrogens with zero attached hydrogens (tertiary/aromatic N) is 1. The molecule has 2 rings (SSSR count). The number of likely N-dealkylation sites (N-methyl/N-ethyl adjacent to an activating group) is 1. The highest BCUT2D eigenvalue weighted by atomic mass is 19.1. The molecule has 118 valence electrons. The van der Waals surface area contributed by atoms with Gasteiger partial charge in [-0.25, -0.2) is 4.39 Å². The van der Waals surface area contributed by atoms with Crippen LogP contribution < -0.4 is 5.32 Å². The van der Waals surface area contributed by atoms with Gasteiger partial charge in [-0.2, -0.15) is 0 Å². The number of rotatable bonds is 8. The lowest BCUT2D eigenvalue weighted by atomic mass is 10.1. The summed E-state index contributed by atoms with van der Waals surface area (Å²) < 4.78 is 19.7. The standard InChI is InChI=1S/C17H27FN2O/c1-3-10-19-11-15-8-9-16(21-15)13-20(2)12-14-6-4-5-7-17(14)18/h4-7,15-16,19H,3,8-13H2,1-2H3. The molecule has 0 aliphatic carbocycles. The van der Waals surface area contributed by atoms with E-state index in [2.05, 4.69) is 17.1 Å². The SMILES string of the molecule is CCCNCC1CCC(CN(C)Cc2ccccc2F)O1. The molecule has 0 bridgehead atoms. The van der Waals surface area contributed by atoms with E-state index in [-0.39, 0.29) is 11.9 Å². The van der Waals surface area contributed by atoms with E-state index >= 15 is 0 Å². The summed E-state index contributed by atoms with van der Waals surface area (Å²) in [4.78, 5) is 2.14. The first-order valence-electron chi connectivity index (χ1n) is 7.97. The molecule has 0 saturated carbocycles. The third-order valence-corrected chi connectivity index (χ3v) is 3.91. The normalized spacial score (nSPS) is 22.1. The van der Waals surface area contributed by atoms with Gasteiger partial charge in [-0.3, -0.25) is 4.90 Å². The largest absolute Gasteiger partial charge is 0.372 e. The Balaban J connectivity index is 1.71. The van der Waals surface area contributed by atoms with Crippen LogP contribution in [0.2, 0.25) is 0 Å². The molecule has 0 amide bonds. The van der Waals surface area contributed by atoms with Gasteiger partial charge in [0.15, 0.2) is 0 Å². The number of hydrogen-bond acceptors (Lipinski definition) is 3. The van der Waals surface area contributed by atoms with Gasteiger partial charge in [-0.05, 0) is 38.9 Å². The smallest absolute Gasteiger partial charge is 0.127 e. The maximum Gasteiger partial charge on any atom is 0.127 e. The quantitative estimate of drug-likeness (QED) is 0.746. The van der Waals surface area contributed by atoms with Crippen molar-refractivity contribution >= 4 is 0 Å². The van der Waals surface area contributed by atoms with E-state index in [9.17, 15) is 4.39 Å². The lowest BCUT2D eigenvalue weighted by Crippen LogP contribution is -2.32. The van der Waals surface area contributed by atoms with E-state index in [4.69, 9.17) is 4.74 Å². The second-order valence-electron chi connectivity index (χ2n) is 5.95. The Hall–Kier alpha value is -0.970. The molecule has 1 fully saturated rings. The maximum atomic E-state index is 13.6. The monoisotopic (exact) mass is 294 g/mol. The van der Waals surface area contributed by atoms with Crippen LogP contribution in [0.3, 0.4) is 0 Å². The summed E-state index contributed by atoms with van der Waals surface area (Å²) >= 11 is 0. The summed E-state index contributed by atoms with van der Waals surface area (Å²) in [6, 6.07) is 6.98. The fourth-order valence-electron chi connectivity index (χ4n) is 2.83. The van der Waals surface area contributed by atoms with Crippen LogP contribution in [0.15, 0.2) is 24.3 Å². The Labute approximate surface area is 127 Å². The van der Waals surface area contributed by atoms with E-state index in [1.807, 2.05) is 19.2 Å². The molecule has 0 spiro atoms. The van der Waals surface area contributed by atoms with Gasteiger partial charge in [0.2, 0.25) is 0 Å². The first-order chi connectivity index (χ1) is 10.2. The summed E-state index contributed by atoms with van der Waals surface area (Å²) in [6.45, 7) is 5.66. The van der Waals surface area contributed by atoms with Crippen molar-refractivity contribution in [3.8, 4) is 0 Å². The van der Waals surface area contributed by atoms with Crippen LogP contribution in [0.4, 0.5) is 4.39 Å². The minimum absolute atomic E-state index is 0.127. The lowest BCUT2D eigenvalue weighted by molar-refractivity contribution is 0.0267. The van der Waals surface area contributed by atoms with Gasteiger partial charge < -0.3 is 10.1 Å². The highest BCUT2D eigenvalue weighted by Gasteiger charge is 2.25. The van der Waals surface area contributed by atoms with Gasteiger partial charge in [0.25, 0.3) is 0 Å². The topological polar surface area (TPSA) is 24.5 Å².